The lowest BCUT2D eigenvalue weighted by Crippen LogP contribution is -2.15. The first-order valence-corrected chi connectivity index (χ1v) is 15.4. The van der Waals surface area contributed by atoms with Crippen LogP contribution in [0.25, 0.3) is 60.6 Å². The highest BCUT2D eigenvalue weighted by Crippen LogP contribution is 2.51. The monoisotopic (exact) mass is 561 g/mol. The first-order chi connectivity index (χ1) is 20.6. The normalized spacial score (nSPS) is 14.0. The average Bonchev–Trinajstić information content (AvgIpc) is 3.44. The summed E-state index contributed by atoms with van der Waals surface area (Å²) in [6, 6.07) is 32.5. The van der Waals surface area contributed by atoms with E-state index in [1.807, 2.05) is 12.1 Å². The predicted octanol–water partition coefficient (Wildman–Crippen LogP) is 10.6. The summed E-state index contributed by atoms with van der Waals surface area (Å²) in [5, 5.41) is 3.76. The third kappa shape index (κ3) is 3.57. The summed E-state index contributed by atoms with van der Waals surface area (Å²) in [5.41, 5.74) is 12.1. The molecule has 43 heavy (non-hydrogen) atoms. The minimum Gasteiger partial charge on any atom is -0.456 e. The zero-order valence-corrected chi connectivity index (χ0v) is 25.6. The van der Waals surface area contributed by atoms with Crippen LogP contribution in [-0.4, -0.2) is 4.57 Å². The fourth-order valence-electron chi connectivity index (χ4n) is 7.39. The summed E-state index contributed by atoms with van der Waals surface area (Å²) in [6.45, 7) is 13.3. The van der Waals surface area contributed by atoms with Crippen LogP contribution in [0.3, 0.4) is 0 Å². The second-order valence-electron chi connectivity index (χ2n) is 13.3. The molecule has 0 N–H and O–H groups in total. The summed E-state index contributed by atoms with van der Waals surface area (Å²) >= 11 is 0. The van der Waals surface area contributed by atoms with Gasteiger partial charge in [0, 0.05) is 27.9 Å². The maximum atomic E-state index is 14.0. The van der Waals surface area contributed by atoms with Crippen molar-refractivity contribution >= 4 is 43.7 Å². The molecule has 0 unspecified atom stereocenters. The highest BCUT2D eigenvalue weighted by Gasteiger charge is 2.36. The SMILES string of the molecule is CC(C)c1cc(C(C)C)c2c(=O)c3ccc(-n4c5ccccc5c5cc6c(cc54)C(C)(C)c4ccccc4-6)cc3oc2c1. The molecule has 0 fully saturated rings. The zero-order valence-electron chi connectivity index (χ0n) is 25.6. The van der Waals surface area contributed by atoms with Crippen molar-refractivity contribution in [1.82, 2.24) is 4.57 Å². The van der Waals surface area contributed by atoms with Crippen LogP contribution >= 0.6 is 0 Å². The first-order valence-electron chi connectivity index (χ1n) is 15.4. The van der Waals surface area contributed by atoms with E-state index in [0.717, 1.165) is 22.3 Å². The molecular weight excluding hydrogens is 526 g/mol. The molecule has 0 aliphatic heterocycles. The van der Waals surface area contributed by atoms with Crippen molar-refractivity contribution in [3.05, 3.63) is 123 Å². The van der Waals surface area contributed by atoms with E-state index in [9.17, 15) is 4.79 Å². The van der Waals surface area contributed by atoms with Crippen molar-refractivity contribution in [2.75, 3.05) is 0 Å². The Morgan fingerprint density at radius 2 is 1.42 bits per heavy atom. The van der Waals surface area contributed by atoms with Gasteiger partial charge in [0.2, 0.25) is 5.43 Å². The van der Waals surface area contributed by atoms with Crippen molar-refractivity contribution in [2.24, 2.45) is 0 Å². The minimum atomic E-state index is -0.0985. The molecule has 7 aromatic rings. The van der Waals surface area contributed by atoms with Crippen LogP contribution in [0.1, 0.15) is 75.6 Å². The fourth-order valence-corrected chi connectivity index (χ4v) is 7.39. The van der Waals surface area contributed by atoms with Crippen LogP contribution in [0.4, 0.5) is 0 Å². The van der Waals surface area contributed by atoms with Crippen LogP contribution in [-0.2, 0) is 5.41 Å². The Morgan fingerprint density at radius 3 is 2.21 bits per heavy atom. The number of hydrogen-bond acceptors (Lipinski definition) is 2. The Morgan fingerprint density at radius 1 is 0.651 bits per heavy atom. The average molecular weight is 562 g/mol. The third-order valence-electron chi connectivity index (χ3n) is 9.73. The second kappa shape index (κ2) is 8.94. The van der Waals surface area contributed by atoms with Crippen LogP contribution in [0.2, 0.25) is 0 Å². The van der Waals surface area contributed by atoms with Crippen LogP contribution in [0.15, 0.2) is 100 Å². The smallest absolute Gasteiger partial charge is 0.200 e. The molecular formula is C40H35NO2. The molecule has 0 atom stereocenters. The molecule has 1 aliphatic rings. The highest BCUT2D eigenvalue weighted by molar-refractivity contribution is 6.12. The maximum absolute atomic E-state index is 14.0. The van der Waals surface area contributed by atoms with E-state index in [-0.39, 0.29) is 16.8 Å². The number of para-hydroxylation sites is 1. The van der Waals surface area contributed by atoms with Crippen LogP contribution in [0, 0.1) is 0 Å². The van der Waals surface area contributed by atoms with E-state index in [4.69, 9.17) is 4.42 Å². The molecule has 0 spiro atoms. The van der Waals surface area contributed by atoms with Crippen molar-refractivity contribution in [3.8, 4) is 16.8 Å². The Labute approximate surface area is 251 Å². The minimum absolute atomic E-state index is 0.0429. The van der Waals surface area contributed by atoms with Gasteiger partial charge in [-0.2, -0.15) is 0 Å². The molecule has 3 nitrogen and oxygen atoms in total. The summed E-state index contributed by atoms with van der Waals surface area (Å²) < 4.78 is 8.94. The highest BCUT2D eigenvalue weighted by atomic mass is 16.3. The number of nitrogens with zero attached hydrogens (tertiary/aromatic N) is 1. The van der Waals surface area contributed by atoms with Gasteiger partial charge in [0.15, 0.2) is 0 Å². The van der Waals surface area contributed by atoms with E-state index in [1.54, 1.807) is 0 Å². The summed E-state index contributed by atoms with van der Waals surface area (Å²) in [4.78, 5) is 14.0. The molecule has 212 valence electrons. The van der Waals surface area contributed by atoms with Gasteiger partial charge in [0.05, 0.1) is 21.8 Å². The van der Waals surface area contributed by atoms with Gasteiger partial charge in [-0.1, -0.05) is 90.1 Å². The number of fused-ring (bicyclic) bond motifs is 8. The van der Waals surface area contributed by atoms with Gasteiger partial charge in [-0.15, -0.1) is 0 Å². The molecule has 3 heteroatoms. The van der Waals surface area contributed by atoms with Crippen molar-refractivity contribution in [3.63, 3.8) is 0 Å². The molecule has 1 aliphatic carbocycles. The summed E-state index contributed by atoms with van der Waals surface area (Å²) in [6.07, 6.45) is 0. The van der Waals surface area contributed by atoms with Gasteiger partial charge in [0.1, 0.15) is 11.2 Å². The Kier molecular flexibility index (Phi) is 5.41. The molecule has 2 aromatic heterocycles. The molecule has 0 bridgehead atoms. The van der Waals surface area contributed by atoms with Crippen LogP contribution < -0.4 is 5.43 Å². The summed E-state index contributed by atoms with van der Waals surface area (Å²) in [7, 11) is 0. The standard InChI is InChI=1S/C40H35NO2/c1-22(2)24-17-29(23(3)4)38-37(18-24)43-36-19-25(15-16-28(36)39(38)42)41-34-14-10-8-12-27(34)31-20-30-26-11-7-9-13-32(26)40(5,6)33(30)21-35(31)41/h7-23H,1-6H3. The molecule has 0 saturated heterocycles. The second-order valence-corrected chi connectivity index (χ2v) is 13.3. The van der Waals surface area contributed by atoms with E-state index >= 15 is 0 Å². The molecule has 2 heterocycles. The van der Waals surface area contributed by atoms with Gasteiger partial charge in [-0.3, -0.25) is 4.79 Å². The zero-order chi connectivity index (χ0) is 29.8. The number of benzene rings is 5. The lowest BCUT2D eigenvalue weighted by Gasteiger charge is -2.21. The van der Waals surface area contributed by atoms with Crippen molar-refractivity contribution < 1.29 is 4.42 Å². The molecule has 0 saturated carbocycles. The fraction of sp³-hybridized carbons (Fsp3) is 0.225. The van der Waals surface area contributed by atoms with Gasteiger partial charge >= 0.3 is 0 Å². The predicted molar refractivity (Wildman–Crippen MR) is 180 cm³/mol. The quantitative estimate of drug-likeness (QED) is 0.201. The van der Waals surface area contributed by atoms with Gasteiger partial charge in [-0.25, -0.2) is 0 Å². The molecule has 0 amide bonds. The molecule has 5 aromatic carbocycles. The number of rotatable bonds is 3. The number of hydrogen-bond donors (Lipinski definition) is 0. The van der Waals surface area contributed by atoms with Crippen molar-refractivity contribution in [2.45, 2.75) is 58.8 Å². The lowest BCUT2D eigenvalue weighted by molar-refractivity contribution is 0.656. The van der Waals surface area contributed by atoms with E-state index in [0.29, 0.717) is 27.9 Å². The molecule has 0 radical (unpaired) electrons. The van der Waals surface area contributed by atoms with Crippen LogP contribution in [0.5, 0.6) is 0 Å². The van der Waals surface area contributed by atoms with E-state index in [2.05, 4.69) is 125 Å². The van der Waals surface area contributed by atoms with E-state index < -0.39 is 0 Å². The summed E-state index contributed by atoms with van der Waals surface area (Å²) in [5.74, 6) is 0.555. The van der Waals surface area contributed by atoms with Gasteiger partial charge in [-0.05, 0) is 81.6 Å². The Bertz CT molecular complexity index is 2350. The maximum Gasteiger partial charge on any atom is 0.200 e. The Balaban J connectivity index is 1.43. The van der Waals surface area contributed by atoms with Crippen molar-refractivity contribution in [1.29, 1.82) is 0 Å². The van der Waals surface area contributed by atoms with Gasteiger partial charge < -0.3 is 8.98 Å². The third-order valence-corrected chi connectivity index (χ3v) is 9.73. The largest absolute Gasteiger partial charge is 0.456 e. The molecule has 8 rings (SSSR count). The first kappa shape index (κ1) is 26.0. The van der Waals surface area contributed by atoms with Gasteiger partial charge in [0.25, 0.3) is 0 Å². The number of aromatic nitrogens is 1. The topological polar surface area (TPSA) is 35.1 Å². The lowest BCUT2D eigenvalue weighted by atomic mass is 9.82. The van der Waals surface area contributed by atoms with E-state index in [1.165, 1.54) is 38.6 Å². The Hall–Kier alpha value is -4.63.